The summed E-state index contributed by atoms with van der Waals surface area (Å²) < 4.78 is 5.35. The monoisotopic (exact) mass is 183 g/mol. The molecule has 3 heteroatoms. The van der Waals surface area contributed by atoms with Crippen molar-refractivity contribution in [3.63, 3.8) is 0 Å². The van der Waals surface area contributed by atoms with Gasteiger partial charge in [-0.15, -0.1) is 0 Å². The number of nitrogens with zero attached hydrogens (tertiary/aromatic N) is 2. The van der Waals surface area contributed by atoms with Gasteiger partial charge in [-0.2, -0.15) is 0 Å². The first kappa shape index (κ1) is 9.44. The molecule has 2 aliphatic heterocycles. The lowest BCUT2D eigenvalue weighted by molar-refractivity contribution is 0.00404. The maximum atomic E-state index is 5.35. The summed E-state index contributed by atoms with van der Waals surface area (Å²) in [6.07, 6.45) is 2.56. The second kappa shape index (κ2) is 4.40. The number of rotatable bonds is 1. The minimum absolute atomic E-state index is 0.793. The number of morpholine rings is 1. The molecular weight excluding hydrogens is 164 g/mol. The van der Waals surface area contributed by atoms with E-state index in [0.717, 1.165) is 45.4 Å². The third-order valence-corrected chi connectivity index (χ3v) is 3.12. The largest absolute Gasteiger partial charge is 0.379 e. The molecular formula is C10H19N2O. The van der Waals surface area contributed by atoms with Gasteiger partial charge in [-0.3, -0.25) is 4.90 Å². The molecule has 2 aliphatic rings. The molecule has 13 heavy (non-hydrogen) atoms. The number of hydrogen-bond acceptors (Lipinski definition) is 3. The zero-order chi connectivity index (χ0) is 9.10. The average molecular weight is 183 g/mol. The van der Waals surface area contributed by atoms with Crippen LogP contribution in [0.3, 0.4) is 0 Å². The highest BCUT2D eigenvalue weighted by atomic mass is 16.5. The molecule has 0 aliphatic carbocycles. The van der Waals surface area contributed by atoms with Crippen molar-refractivity contribution in [2.45, 2.75) is 18.9 Å². The zero-order valence-electron chi connectivity index (χ0n) is 8.24. The lowest BCUT2D eigenvalue weighted by atomic mass is 10.0. The molecule has 0 amide bonds. The van der Waals surface area contributed by atoms with E-state index in [-0.39, 0.29) is 0 Å². The summed E-state index contributed by atoms with van der Waals surface area (Å²) in [5.41, 5.74) is 0. The van der Waals surface area contributed by atoms with Gasteiger partial charge in [0, 0.05) is 26.2 Å². The van der Waals surface area contributed by atoms with Gasteiger partial charge in [-0.1, -0.05) is 0 Å². The summed E-state index contributed by atoms with van der Waals surface area (Å²) in [4.78, 5) is 4.76. The molecule has 2 heterocycles. The zero-order valence-corrected chi connectivity index (χ0v) is 8.24. The number of ether oxygens (including phenoxy) is 1. The fourth-order valence-electron chi connectivity index (χ4n) is 2.23. The summed E-state index contributed by atoms with van der Waals surface area (Å²) in [5, 5.41) is 0. The molecule has 0 atom stereocenters. The van der Waals surface area contributed by atoms with Gasteiger partial charge >= 0.3 is 0 Å². The van der Waals surface area contributed by atoms with Crippen LogP contribution in [0.1, 0.15) is 12.8 Å². The molecule has 2 saturated heterocycles. The SMILES string of the molecule is [CH2]N1CCC(N2CCOCC2)CC1. The summed E-state index contributed by atoms with van der Waals surface area (Å²) in [6.45, 7) is 6.41. The first-order valence-corrected chi connectivity index (χ1v) is 5.23. The van der Waals surface area contributed by atoms with Crippen molar-refractivity contribution in [3.8, 4) is 0 Å². The number of likely N-dealkylation sites (tertiary alicyclic amines) is 1. The van der Waals surface area contributed by atoms with Gasteiger partial charge in [-0.05, 0) is 25.9 Å². The smallest absolute Gasteiger partial charge is 0.0594 e. The van der Waals surface area contributed by atoms with Crippen LogP contribution in [0.2, 0.25) is 0 Å². The summed E-state index contributed by atoms with van der Waals surface area (Å²) in [7, 11) is 3.97. The Morgan fingerprint density at radius 1 is 1.00 bits per heavy atom. The Morgan fingerprint density at radius 2 is 1.62 bits per heavy atom. The van der Waals surface area contributed by atoms with Gasteiger partial charge in [0.25, 0.3) is 0 Å². The molecule has 2 rings (SSSR count). The van der Waals surface area contributed by atoms with E-state index in [9.17, 15) is 0 Å². The van der Waals surface area contributed by atoms with Crippen molar-refractivity contribution in [2.24, 2.45) is 0 Å². The van der Waals surface area contributed by atoms with Crippen LogP contribution < -0.4 is 0 Å². The minimum Gasteiger partial charge on any atom is -0.379 e. The van der Waals surface area contributed by atoms with Crippen LogP contribution in [0.4, 0.5) is 0 Å². The van der Waals surface area contributed by atoms with E-state index in [2.05, 4.69) is 16.8 Å². The highest BCUT2D eigenvalue weighted by molar-refractivity contribution is 4.80. The van der Waals surface area contributed by atoms with Crippen molar-refractivity contribution in [2.75, 3.05) is 39.4 Å². The Hall–Kier alpha value is -0.120. The van der Waals surface area contributed by atoms with Crippen LogP contribution in [-0.4, -0.2) is 55.2 Å². The Balaban J connectivity index is 1.79. The average Bonchev–Trinajstić information content (AvgIpc) is 2.20. The molecule has 0 saturated carbocycles. The molecule has 0 aromatic heterocycles. The van der Waals surface area contributed by atoms with Crippen molar-refractivity contribution in [1.29, 1.82) is 0 Å². The normalized spacial score (nSPS) is 29.3. The fourth-order valence-corrected chi connectivity index (χ4v) is 2.23. The van der Waals surface area contributed by atoms with E-state index < -0.39 is 0 Å². The molecule has 0 aromatic carbocycles. The third kappa shape index (κ3) is 2.42. The Kier molecular flexibility index (Phi) is 3.19. The maximum absolute atomic E-state index is 5.35. The topological polar surface area (TPSA) is 15.7 Å². The standard InChI is InChI=1S/C10H19N2O/c1-11-4-2-10(3-5-11)12-6-8-13-9-7-12/h10H,1-9H2. The van der Waals surface area contributed by atoms with E-state index in [1.54, 1.807) is 0 Å². The second-order valence-corrected chi connectivity index (χ2v) is 4.00. The summed E-state index contributed by atoms with van der Waals surface area (Å²) >= 11 is 0. The Bertz CT molecular complexity index is 149. The van der Waals surface area contributed by atoms with Crippen LogP contribution in [-0.2, 0) is 4.74 Å². The number of hydrogen-bond donors (Lipinski definition) is 0. The van der Waals surface area contributed by atoms with E-state index in [0.29, 0.717) is 0 Å². The molecule has 0 bridgehead atoms. The van der Waals surface area contributed by atoms with Gasteiger partial charge in [-0.25, -0.2) is 0 Å². The second-order valence-electron chi connectivity index (χ2n) is 4.00. The molecule has 1 radical (unpaired) electrons. The van der Waals surface area contributed by atoms with E-state index in [4.69, 9.17) is 4.74 Å². The fraction of sp³-hybridized carbons (Fsp3) is 0.900. The summed E-state index contributed by atoms with van der Waals surface area (Å²) in [5.74, 6) is 0. The molecule has 75 valence electrons. The summed E-state index contributed by atoms with van der Waals surface area (Å²) in [6, 6.07) is 0.793. The van der Waals surface area contributed by atoms with Crippen molar-refractivity contribution >= 4 is 0 Å². The lowest BCUT2D eigenvalue weighted by Crippen LogP contribution is -2.47. The van der Waals surface area contributed by atoms with Crippen LogP contribution in [0.5, 0.6) is 0 Å². The molecule has 2 fully saturated rings. The van der Waals surface area contributed by atoms with Crippen LogP contribution in [0.25, 0.3) is 0 Å². The molecule has 0 spiro atoms. The number of piperidine rings is 1. The first-order chi connectivity index (χ1) is 6.36. The maximum Gasteiger partial charge on any atom is 0.0594 e. The van der Waals surface area contributed by atoms with E-state index in [1.807, 2.05) is 0 Å². The van der Waals surface area contributed by atoms with E-state index >= 15 is 0 Å². The minimum atomic E-state index is 0.793. The van der Waals surface area contributed by atoms with Gasteiger partial charge < -0.3 is 9.64 Å². The van der Waals surface area contributed by atoms with Crippen molar-refractivity contribution < 1.29 is 4.74 Å². The molecule has 0 unspecified atom stereocenters. The molecule has 3 nitrogen and oxygen atoms in total. The highest BCUT2D eigenvalue weighted by Crippen LogP contribution is 2.16. The first-order valence-electron chi connectivity index (χ1n) is 5.23. The van der Waals surface area contributed by atoms with Gasteiger partial charge in [0.05, 0.1) is 13.2 Å². The van der Waals surface area contributed by atoms with Crippen LogP contribution >= 0.6 is 0 Å². The van der Waals surface area contributed by atoms with Crippen LogP contribution in [0.15, 0.2) is 0 Å². The lowest BCUT2D eigenvalue weighted by Gasteiger charge is -2.38. The van der Waals surface area contributed by atoms with Gasteiger partial charge in [0.2, 0.25) is 0 Å². The van der Waals surface area contributed by atoms with Gasteiger partial charge in [0.15, 0.2) is 0 Å². The highest BCUT2D eigenvalue weighted by Gasteiger charge is 2.24. The predicted octanol–water partition coefficient (Wildman–Crippen LogP) is 0.575. The van der Waals surface area contributed by atoms with Gasteiger partial charge in [0.1, 0.15) is 0 Å². The third-order valence-electron chi connectivity index (χ3n) is 3.12. The van der Waals surface area contributed by atoms with Crippen molar-refractivity contribution in [1.82, 2.24) is 9.80 Å². The quantitative estimate of drug-likeness (QED) is 0.591. The Morgan fingerprint density at radius 3 is 2.23 bits per heavy atom. The van der Waals surface area contributed by atoms with Crippen molar-refractivity contribution in [3.05, 3.63) is 7.05 Å². The van der Waals surface area contributed by atoms with Crippen LogP contribution in [0, 0.1) is 7.05 Å². The van der Waals surface area contributed by atoms with E-state index in [1.165, 1.54) is 12.8 Å². The molecule has 0 N–H and O–H groups in total. The molecule has 0 aromatic rings. The Labute approximate surface area is 80.6 Å². The predicted molar refractivity (Wildman–Crippen MR) is 52.3 cm³/mol.